The summed E-state index contributed by atoms with van der Waals surface area (Å²) in [5, 5.41) is 2.85. The summed E-state index contributed by atoms with van der Waals surface area (Å²) < 4.78 is 44.1. The lowest BCUT2D eigenvalue weighted by Crippen LogP contribution is -2.22. The SMILES string of the molecule is COC(=O)C(=C1CCCN1)S(=O)(=O)c1ccc(Br)cc1F. The predicted molar refractivity (Wildman–Crippen MR) is 77.6 cm³/mol. The molecule has 1 fully saturated rings. The predicted octanol–water partition coefficient (Wildman–Crippen LogP) is 2.13. The summed E-state index contributed by atoms with van der Waals surface area (Å²) in [6, 6.07) is 3.55. The van der Waals surface area contributed by atoms with Crippen molar-refractivity contribution in [3.05, 3.63) is 39.1 Å². The second-order valence-corrected chi connectivity index (χ2v) is 7.18. The molecule has 21 heavy (non-hydrogen) atoms. The van der Waals surface area contributed by atoms with E-state index >= 15 is 0 Å². The summed E-state index contributed by atoms with van der Waals surface area (Å²) in [5.41, 5.74) is 0.268. The summed E-state index contributed by atoms with van der Waals surface area (Å²) in [5.74, 6) is -1.92. The fourth-order valence-electron chi connectivity index (χ4n) is 2.08. The quantitative estimate of drug-likeness (QED) is 0.645. The number of nitrogens with one attached hydrogen (secondary N) is 1. The Morgan fingerprint density at radius 2 is 2.14 bits per heavy atom. The van der Waals surface area contributed by atoms with Crippen molar-refractivity contribution in [1.82, 2.24) is 5.32 Å². The molecule has 0 amide bonds. The zero-order chi connectivity index (χ0) is 15.6. The molecule has 1 N–H and O–H groups in total. The molecule has 0 radical (unpaired) electrons. The number of ether oxygens (including phenoxy) is 1. The second kappa shape index (κ2) is 6.15. The third-order valence-electron chi connectivity index (χ3n) is 3.04. The summed E-state index contributed by atoms with van der Waals surface area (Å²) >= 11 is 3.06. The van der Waals surface area contributed by atoms with Crippen LogP contribution >= 0.6 is 15.9 Å². The van der Waals surface area contributed by atoms with Crippen LogP contribution in [0.4, 0.5) is 4.39 Å². The fourth-order valence-corrected chi connectivity index (χ4v) is 3.99. The molecule has 114 valence electrons. The molecule has 8 heteroatoms. The molecule has 1 saturated heterocycles. The minimum absolute atomic E-state index is 0.268. The van der Waals surface area contributed by atoms with Gasteiger partial charge in [0.15, 0.2) is 4.91 Å². The lowest BCUT2D eigenvalue weighted by molar-refractivity contribution is -0.135. The molecule has 2 rings (SSSR count). The fraction of sp³-hybridized carbons (Fsp3) is 0.308. The van der Waals surface area contributed by atoms with Gasteiger partial charge in [-0.25, -0.2) is 17.6 Å². The minimum Gasteiger partial charge on any atom is -0.465 e. The highest BCUT2D eigenvalue weighted by Crippen LogP contribution is 2.29. The van der Waals surface area contributed by atoms with Crippen LogP contribution < -0.4 is 5.32 Å². The van der Waals surface area contributed by atoms with Crippen molar-refractivity contribution in [2.75, 3.05) is 13.7 Å². The first-order valence-electron chi connectivity index (χ1n) is 6.13. The molecule has 0 aromatic heterocycles. The molecular weight excluding hydrogens is 365 g/mol. The smallest absolute Gasteiger partial charge is 0.351 e. The van der Waals surface area contributed by atoms with E-state index in [1.165, 1.54) is 6.07 Å². The van der Waals surface area contributed by atoms with E-state index in [0.717, 1.165) is 19.2 Å². The van der Waals surface area contributed by atoms with Crippen molar-refractivity contribution in [2.45, 2.75) is 17.7 Å². The number of allylic oxidation sites excluding steroid dienone is 1. The highest BCUT2D eigenvalue weighted by Gasteiger charge is 2.34. The van der Waals surface area contributed by atoms with Gasteiger partial charge in [0.1, 0.15) is 10.7 Å². The van der Waals surface area contributed by atoms with Gasteiger partial charge >= 0.3 is 5.97 Å². The highest BCUT2D eigenvalue weighted by atomic mass is 79.9. The van der Waals surface area contributed by atoms with E-state index in [0.29, 0.717) is 23.9 Å². The lowest BCUT2D eigenvalue weighted by Gasteiger charge is -2.12. The zero-order valence-corrected chi connectivity index (χ0v) is 13.6. The molecule has 1 aromatic rings. The van der Waals surface area contributed by atoms with Crippen LogP contribution in [0.5, 0.6) is 0 Å². The third kappa shape index (κ3) is 3.11. The van der Waals surface area contributed by atoms with Crippen LogP contribution in [0.15, 0.2) is 38.2 Å². The average molecular weight is 378 g/mol. The Labute approximate surface area is 130 Å². The number of carbonyl (C=O) groups excluding carboxylic acids is 1. The summed E-state index contributed by atoms with van der Waals surface area (Å²) in [4.78, 5) is 10.8. The molecule has 1 aliphatic rings. The van der Waals surface area contributed by atoms with Crippen LogP contribution in [0.1, 0.15) is 12.8 Å². The maximum absolute atomic E-state index is 14.0. The highest BCUT2D eigenvalue weighted by molar-refractivity contribution is 9.10. The molecule has 1 aliphatic heterocycles. The number of esters is 1. The van der Waals surface area contributed by atoms with Gasteiger partial charge in [-0.2, -0.15) is 0 Å². The molecule has 0 unspecified atom stereocenters. The molecular formula is C13H13BrFNO4S. The first-order valence-corrected chi connectivity index (χ1v) is 8.41. The second-order valence-electron chi connectivity index (χ2n) is 4.41. The van der Waals surface area contributed by atoms with E-state index in [2.05, 4.69) is 26.0 Å². The maximum atomic E-state index is 14.0. The number of rotatable bonds is 3. The van der Waals surface area contributed by atoms with Gasteiger partial charge in [-0.05, 0) is 31.0 Å². The number of hydrogen-bond donors (Lipinski definition) is 1. The van der Waals surface area contributed by atoms with Gasteiger partial charge in [-0.1, -0.05) is 15.9 Å². The number of methoxy groups -OCH3 is 1. The molecule has 0 aliphatic carbocycles. The Morgan fingerprint density at radius 1 is 1.43 bits per heavy atom. The number of hydrogen-bond acceptors (Lipinski definition) is 5. The van der Waals surface area contributed by atoms with Gasteiger partial charge in [-0.3, -0.25) is 0 Å². The maximum Gasteiger partial charge on any atom is 0.351 e. The van der Waals surface area contributed by atoms with Crippen LogP contribution in [0.2, 0.25) is 0 Å². The van der Waals surface area contributed by atoms with Crippen LogP contribution in [-0.2, 0) is 19.4 Å². The molecule has 0 spiro atoms. The van der Waals surface area contributed by atoms with Gasteiger partial charge in [0.2, 0.25) is 9.84 Å². The molecule has 0 saturated carbocycles. The molecule has 1 aromatic carbocycles. The van der Waals surface area contributed by atoms with Gasteiger partial charge < -0.3 is 10.1 Å². The largest absolute Gasteiger partial charge is 0.465 e. The van der Waals surface area contributed by atoms with Crippen LogP contribution in [-0.4, -0.2) is 28.0 Å². The minimum atomic E-state index is -4.30. The zero-order valence-electron chi connectivity index (χ0n) is 11.2. The monoisotopic (exact) mass is 377 g/mol. The summed E-state index contributed by atoms with van der Waals surface area (Å²) in [7, 11) is -3.21. The normalized spacial score (nSPS) is 17.3. The van der Waals surface area contributed by atoms with Crippen LogP contribution in [0.3, 0.4) is 0 Å². The number of halogens is 2. The Balaban J connectivity index is 2.63. The summed E-state index contributed by atoms with van der Waals surface area (Å²) in [6.45, 7) is 0.564. The summed E-state index contributed by atoms with van der Waals surface area (Å²) in [6.07, 6.45) is 1.11. The number of sulfone groups is 1. The van der Waals surface area contributed by atoms with Gasteiger partial charge in [-0.15, -0.1) is 0 Å². The van der Waals surface area contributed by atoms with Gasteiger partial charge in [0.25, 0.3) is 0 Å². The van der Waals surface area contributed by atoms with Crippen molar-refractivity contribution in [3.8, 4) is 0 Å². The standard InChI is InChI=1S/C13H13BrFNO4S/c1-20-13(17)12(10-3-2-6-16-10)21(18,19)11-5-4-8(14)7-9(11)15/h4-5,7,16H,2-3,6H2,1H3. The average Bonchev–Trinajstić information content (AvgIpc) is 2.91. The van der Waals surface area contributed by atoms with Gasteiger partial charge in [0, 0.05) is 16.7 Å². The Kier molecular flexibility index (Phi) is 4.67. The van der Waals surface area contributed by atoms with Crippen molar-refractivity contribution in [2.24, 2.45) is 0 Å². The van der Waals surface area contributed by atoms with E-state index in [9.17, 15) is 17.6 Å². The number of benzene rings is 1. The molecule has 0 bridgehead atoms. The molecule has 1 heterocycles. The first kappa shape index (κ1) is 16.0. The Bertz CT molecular complexity index is 707. The van der Waals surface area contributed by atoms with Crippen molar-refractivity contribution < 1.29 is 22.3 Å². The van der Waals surface area contributed by atoms with Gasteiger partial charge in [0.05, 0.1) is 7.11 Å². The third-order valence-corrected chi connectivity index (χ3v) is 5.39. The van der Waals surface area contributed by atoms with E-state index in [-0.39, 0.29) is 5.70 Å². The molecule has 5 nitrogen and oxygen atoms in total. The van der Waals surface area contributed by atoms with Crippen LogP contribution in [0, 0.1) is 5.82 Å². The van der Waals surface area contributed by atoms with E-state index < -0.39 is 31.4 Å². The van der Waals surface area contributed by atoms with Crippen molar-refractivity contribution in [1.29, 1.82) is 0 Å². The van der Waals surface area contributed by atoms with Crippen molar-refractivity contribution in [3.63, 3.8) is 0 Å². The van der Waals surface area contributed by atoms with Crippen LogP contribution in [0.25, 0.3) is 0 Å². The van der Waals surface area contributed by atoms with E-state index in [4.69, 9.17) is 0 Å². The molecule has 0 atom stereocenters. The lowest BCUT2D eigenvalue weighted by atomic mass is 10.3. The van der Waals surface area contributed by atoms with E-state index in [1.807, 2.05) is 0 Å². The first-order chi connectivity index (χ1) is 9.87. The topological polar surface area (TPSA) is 72.5 Å². The van der Waals surface area contributed by atoms with E-state index in [1.54, 1.807) is 0 Å². The van der Waals surface area contributed by atoms with Crippen molar-refractivity contribution >= 4 is 31.7 Å². The number of carbonyl (C=O) groups is 1. The Morgan fingerprint density at radius 3 is 2.67 bits per heavy atom. The Hall–Kier alpha value is -1.41.